The number of carbonyl (C=O) groups excluding carboxylic acids is 2. The van der Waals surface area contributed by atoms with Crippen LogP contribution in [0.2, 0.25) is 0 Å². The second kappa shape index (κ2) is 7.30. The van der Waals surface area contributed by atoms with Crippen LogP contribution < -0.4 is 14.8 Å². The Morgan fingerprint density at radius 3 is 2.50 bits per heavy atom. The first-order valence-corrected chi connectivity index (χ1v) is 9.87. The molecule has 5 nitrogen and oxygen atoms in total. The smallest absolute Gasteiger partial charge is 0.246 e. The Hall–Kier alpha value is -2.82. The lowest BCUT2D eigenvalue weighted by molar-refractivity contribution is -0.116. The molecule has 1 aliphatic heterocycles. The number of hydrogen-bond acceptors (Lipinski definition) is 4. The molecule has 1 heterocycles. The van der Waals surface area contributed by atoms with Crippen molar-refractivity contribution in [3.63, 3.8) is 0 Å². The second-order valence-corrected chi connectivity index (χ2v) is 7.93. The fourth-order valence-corrected chi connectivity index (χ4v) is 3.80. The molecule has 0 unspecified atom stereocenters. The summed E-state index contributed by atoms with van der Waals surface area (Å²) >= 11 is 0. The molecule has 0 spiro atoms. The summed E-state index contributed by atoms with van der Waals surface area (Å²) in [5.41, 5.74) is 3.97. The molecule has 0 bridgehead atoms. The van der Waals surface area contributed by atoms with Gasteiger partial charge in [0.25, 0.3) is 0 Å². The molecule has 0 aromatic heterocycles. The highest BCUT2D eigenvalue weighted by Gasteiger charge is 2.31. The lowest BCUT2D eigenvalue weighted by Gasteiger charge is -2.16. The first-order chi connectivity index (χ1) is 13.4. The molecule has 0 radical (unpaired) electrons. The molecule has 2 aliphatic rings. The number of anilines is 1. The summed E-state index contributed by atoms with van der Waals surface area (Å²) in [6.07, 6.45) is 4.88. The molecule has 146 valence electrons. The fraction of sp³-hybridized carbons (Fsp3) is 0.391. The zero-order valence-corrected chi connectivity index (χ0v) is 16.3. The Labute approximate surface area is 165 Å². The topological polar surface area (TPSA) is 64.6 Å². The summed E-state index contributed by atoms with van der Waals surface area (Å²) < 4.78 is 11.3. The van der Waals surface area contributed by atoms with Crippen LogP contribution in [0.25, 0.3) is 0 Å². The lowest BCUT2D eigenvalue weighted by Crippen LogP contribution is -2.29. The van der Waals surface area contributed by atoms with E-state index < -0.39 is 5.79 Å². The second-order valence-electron chi connectivity index (χ2n) is 7.93. The summed E-state index contributed by atoms with van der Waals surface area (Å²) in [5.74, 6) is 0.380. The molecule has 28 heavy (non-hydrogen) atoms. The summed E-state index contributed by atoms with van der Waals surface area (Å²) in [7, 11) is 0. The molecule has 1 N–H and O–H groups in total. The van der Waals surface area contributed by atoms with Gasteiger partial charge < -0.3 is 14.8 Å². The predicted molar refractivity (Wildman–Crippen MR) is 107 cm³/mol. The predicted octanol–water partition coefficient (Wildman–Crippen LogP) is 4.67. The van der Waals surface area contributed by atoms with E-state index in [0.717, 1.165) is 12.8 Å². The van der Waals surface area contributed by atoms with Crippen LogP contribution in [0.4, 0.5) is 5.69 Å². The van der Waals surface area contributed by atoms with E-state index in [1.807, 2.05) is 26.0 Å². The molecule has 0 atom stereocenters. The fourth-order valence-electron chi connectivity index (χ4n) is 3.80. The van der Waals surface area contributed by atoms with Gasteiger partial charge in [0.1, 0.15) is 0 Å². The zero-order valence-electron chi connectivity index (χ0n) is 16.3. The highest BCUT2D eigenvalue weighted by atomic mass is 16.7. The number of carbonyl (C=O) groups is 2. The van der Waals surface area contributed by atoms with Gasteiger partial charge in [0.2, 0.25) is 11.7 Å². The van der Waals surface area contributed by atoms with Crippen molar-refractivity contribution in [2.24, 2.45) is 0 Å². The van der Waals surface area contributed by atoms with Gasteiger partial charge in [-0.15, -0.1) is 0 Å². The molecule has 1 amide bonds. The van der Waals surface area contributed by atoms with Crippen LogP contribution in [0.3, 0.4) is 0 Å². The first kappa shape index (κ1) is 18.5. The molecule has 1 aliphatic carbocycles. The number of ether oxygens (including phenoxy) is 2. The molecule has 0 saturated heterocycles. The van der Waals surface area contributed by atoms with E-state index in [2.05, 4.69) is 11.4 Å². The number of Topliss-reactive ketones (excluding diaryl/α,β-unsaturated/α-hetero) is 1. The van der Waals surface area contributed by atoms with Gasteiger partial charge in [0.15, 0.2) is 17.3 Å². The third kappa shape index (κ3) is 4.03. The van der Waals surface area contributed by atoms with Crippen LogP contribution in [-0.2, 0) is 17.6 Å². The van der Waals surface area contributed by atoms with E-state index in [0.29, 0.717) is 22.7 Å². The largest absolute Gasteiger partial charge is 0.449 e. The number of fused-ring (bicyclic) bond motifs is 2. The van der Waals surface area contributed by atoms with Crippen LogP contribution in [-0.4, -0.2) is 17.5 Å². The quantitative estimate of drug-likeness (QED) is 0.767. The summed E-state index contributed by atoms with van der Waals surface area (Å²) in [4.78, 5) is 24.8. The Bertz CT molecular complexity index is 932. The molecule has 0 saturated carbocycles. The van der Waals surface area contributed by atoms with Crippen LogP contribution in [0.5, 0.6) is 11.5 Å². The average Bonchev–Trinajstić information content (AvgIpc) is 2.98. The van der Waals surface area contributed by atoms with E-state index in [-0.39, 0.29) is 24.5 Å². The zero-order chi connectivity index (χ0) is 19.7. The number of rotatable bonds is 5. The van der Waals surface area contributed by atoms with Crippen molar-refractivity contribution in [1.82, 2.24) is 0 Å². The number of ketones is 1. The SMILES string of the molecule is CC1(C)Oc2ccc(NC(=O)CCC(=O)c3ccc4c(c3)CCCC4)cc2O1. The van der Waals surface area contributed by atoms with Crippen molar-refractivity contribution in [3.8, 4) is 11.5 Å². The van der Waals surface area contributed by atoms with Gasteiger partial charge in [0, 0.05) is 44.0 Å². The molecule has 2 aromatic rings. The number of aryl methyl sites for hydroxylation is 2. The maximum atomic E-state index is 12.5. The molecular formula is C23H25NO4. The Balaban J connectivity index is 1.33. The van der Waals surface area contributed by atoms with Crippen molar-refractivity contribution in [2.75, 3.05) is 5.32 Å². The van der Waals surface area contributed by atoms with Crippen LogP contribution >= 0.6 is 0 Å². The highest BCUT2D eigenvalue weighted by molar-refractivity contribution is 6.00. The monoisotopic (exact) mass is 379 g/mol. The minimum Gasteiger partial charge on any atom is -0.449 e. The van der Waals surface area contributed by atoms with Gasteiger partial charge in [-0.1, -0.05) is 12.1 Å². The number of nitrogens with one attached hydrogen (secondary N) is 1. The number of amides is 1. The van der Waals surface area contributed by atoms with E-state index in [9.17, 15) is 9.59 Å². The molecule has 4 rings (SSSR count). The maximum absolute atomic E-state index is 12.5. The Morgan fingerprint density at radius 2 is 1.68 bits per heavy atom. The Kier molecular flexibility index (Phi) is 4.84. The van der Waals surface area contributed by atoms with Gasteiger partial charge in [-0.3, -0.25) is 9.59 Å². The summed E-state index contributed by atoms with van der Waals surface area (Å²) in [5, 5.41) is 2.83. The van der Waals surface area contributed by atoms with Crippen LogP contribution in [0.1, 0.15) is 61.0 Å². The van der Waals surface area contributed by atoms with Crippen molar-refractivity contribution >= 4 is 17.4 Å². The van der Waals surface area contributed by atoms with Gasteiger partial charge in [0.05, 0.1) is 0 Å². The standard InChI is InChI=1S/C23H25NO4/c1-23(2)27-20-11-9-18(14-21(20)28-23)24-22(26)12-10-19(25)17-8-7-15-5-3-4-6-16(15)13-17/h7-9,11,13-14H,3-6,10,12H2,1-2H3,(H,24,26). The van der Waals surface area contributed by atoms with Gasteiger partial charge in [-0.2, -0.15) is 0 Å². The third-order valence-corrected chi connectivity index (χ3v) is 5.19. The normalized spacial score (nSPS) is 16.4. The minimum atomic E-state index is -0.702. The van der Waals surface area contributed by atoms with Crippen LogP contribution in [0, 0.1) is 0 Å². The molecule has 2 aromatic carbocycles. The van der Waals surface area contributed by atoms with Crippen molar-refractivity contribution in [2.45, 2.75) is 58.2 Å². The van der Waals surface area contributed by atoms with Crippen molar-refractivity contribution in [1.29, 1.82) is 0 Å². The van der Waals surface area contributed by atoms with E-state index in [4.69, 9.17) is 9.47 Å². The first-order valence-electron chi connectivity index (χ1n) is 9.87. The minimum absolute atomic E-state index is 0.0101. The third-order valence-electron chi connectivity index (χ3n) is 5.19. The summed E-state index contributed by atoms with van der Waals surface area (Å²) in [6, 6.07) is 11.3. The lowest BCUT2D eigenvalue weighted by atomic mass is 9.89. The van der Waals surface area contributed by atoms with E-state index >= 15 is 0 Å². The average molecular weight is 379 g/mol. The molecule has 0 fully saturated rings. The number of benzene rings is 2. The molecule has 5 heteroatoms. The highest BCUT2D eigenvalue weighted by Crippen LogP contribution is 2.40. The van der Waals surface area contributed by atoms with Gasteiger partial charge >= 0.3 is 0 Å². The van der Waals surface area contributed by atoms with Gasteiger partial charge in [-0.05, 0) is 55.0 Å². The summed E-state index contributed by atoms with van der Waals surface area (Å²) in [6.45, 7) is 3.66. The number of hydrogen-bond donors (Lipinski definition) is 1. The van der Waals surface area contributed by atoms with Crippen molar-refractivity contribution < 1.29 is 19.1 Å². The van der Waals surface area contributed by atoms with Crippen LogP contribution in [0.15, 0.2) is 36.4 Å². The van der Waals surface area contributed by atoms with Crippen molar-refractivity contribution in [3.05, 3.63) is 53.1 Å². The van der Waals surface area contributed by atoms with E-state index in [1.165, 1.54) is 24.0 Å². The van der Waals surface area contributed by atoms with Gasteiger partial charge in [-0.25, -0.2) is 0 Å². The maximum Gasteiger partial charge on any atom is 0.246 e. The van der Waals surface area contributed by atoms with E-state index in [1.54, 1.807) is 18.2 Å². The Morgan fingerprint density at radius 1 is 0.929 bits per heavy atom. The molecular weight excluding hydrogens is 354 g/mol.